The maximum absolute atomic E-state index is 9.58. The van der Waals surface area contributed by atoms with Gasteiger partial charge in [0.05, 0.1) is 0 Å². The number of hydrazine groups is 1. The van der Waals surface area contributed by atoms with Crippen LogP contribution in [0.3, 0.4) is 0 Å². The minimum Gasteiger partial charge on any atom is -0.295 e. The second-order valence-corrected chi connectivity index (χ2v) is 0.701. The maximum atomic E-state index is 9.58. The van der Waals surface area contributed by atoms with Crippen molar-refractivity contribution in [1.29, 1.82) is 0 Å². The topological polar surface area (TPSA) is 55.1 Å². The summed E-state index contributed by atoms with van der Waals surface area (Å²) in [6, 6.07) is 0. The zero-order valence-corrected chi connectivity index (χ0v) is 4.21. The quantitative estimate of drug-likeness (QED) is 0.249. The lowest BCUT2D eigenvalue weighted by Crippen LogP contribution is -2.26. The summed E-state index contributed by atoms with van der Waals surface area (Å²) >= 11 is 0. The molecule has 0 spiro atoms. The van der Waals surface area contributed by atoms with E-state index in [2.05, 4.69) is 5.84 Å². The number of amides is 1. The first-order chi connectivity index (χ1) is 2.27. The first-order valence-corrected chi connectivity index (χ1v) is 1.24. The minimum atomic E-state index is -0.218. The van der Waals surface area contributed by atoms with Crippen molar-refractivity contribution in [2.75, 3.05) is 0 Å². The zero-order chi connectivity index (χ0) is 4.28. The fourth-order valence-electron chi connectivity index (χ4n) is 0. The van der Waals surface area contributed by atoms with Gasteiger partial charge in [-0.1, -0.05) is 0 Å². The first kappa shape index (κ1) is 9.21. The number of rotatable bonds is 0. The fourth-order valence-corrected chi connectivity index (χ4v) is 0. The van der Waals surface area contributed by atoms with Crippen LogP contribution in [0.5, 0.6) is 0 Å². The Morgan fingerprint density at radius 2 is 2.00 bits per heavy atom. The van der Waals surface area contributed by atoms with Crippen molar-refractivity contribution in [2.24, 2.45) is 5.84 Å². The average Bonchev–Trinajstić information content (AvgIpc) is 1.38. The predicted molar refractivity (Wildman–Crippen MR) is 25.3 cm³/mol. The molecule has 0 unspecified atom stereocenters. The van der Waals surface area contributed by atoms with Gasteiger partial charge in [0.15, 0.2) is 0 Å². The van der Waals surface area contributed by atoms with Gasteiger partial charge >= 0.3 is 0 Å². The van der Waals surface area contributed by atoms with E-state index in [0.717, 1.165) is 0 Å². The Bertz CT molecular complexity index is 46.8. The summed E-state index contributed by atoms with van der Waals surface area (Å²) in [6.45, 7) is 1.35. The lowest BCUT2D eigenvalue weighted by atomic mass is 10.8. The molecule has 0 aromatic carbocycles. The van der Waals surface area contributed by atoms with E-state index in [-0.39, 0.29) is 18.3 Å². The third kappa shape index (κ3) is 9.30. The van der Waals surface area contributed by atoms with Crippen molar-refractivity contribution in [3.63, 3.8) is 0 Å². The van der Waals surface area contributed by atoms with Crippen molar-refractivity contribution >= 4 is 18.3 Å². The normalized spacial score (nSPS) is 5.67. The highest BCUT2D eigenvalue weighted by atomic mass is 35.5. The summed E-state index contributed by atoms with van der Waals surface area (Å²) in [5.74, 6) is 4.35. The lowest BCUT2D eigenvalue weighted by Gasteiger charge is -1.80. The summed E-state index contributed by atoms with van der Waals surface area (Å²) in [5, 5.41) is 0. The number of carbonyl (C=O) groups excluding carboxylic acids is 1. The summed E-state index contributed by atoms with van der Waals surface area (Å²) < 4.78 is 0. The molecule has 3 N–H and O–H groups in total. The summed E-state index contributed by atoms with van der Waals surface area (Å²) in [7, 11) is 0. The fraction of sp³-hybridized carbons (Fsp3) is 0.500. The Balaban J connectivity index is 0. The average molecular weight is 111 g/mol. The Labute approximate surface area is 42.3 Å². The van der Waals surface area contributed by atoms with Crippen LogP contribution in [0.25, 0.3) is 0 Å². The van der Waals surface area contributed by atoms with Crippen LogP contribution in [0.1, 0.15) is 6.92 Å². The van der Waals surface area contributed by atoms with E-state index in [4.69, 9.17) is 0 Å². The molecular formula is C2H7ClN2O. The van der Waals surface area contributed by atoms with Gasteiger partial charge in [-0.05, 0) is 0 Å². The van der Waals surface area contributed by atoms with Crippen molar-refractivity contribution in [2.45, 2.75) is 6.92 Å². The molecule has 0 saturated carbocycles. The Hall–Kier alpha value is -0.280. The van der Waals surface area contributed by atoms with Gasteiger partial charge in [-0.25, -0.2) is 5.84 Å². The van der Waals surface area contributed by atoms with Gasteiger partial charge in [0.25, 0.3) is 0 Å². The van der Waals surface area contributed by atoms with Gasteiger partial charge < -0.3 is 0 Å². The van der Waals surface area contributed by atoms with Crippen LogP contribution in [-0.2, 0) is 4.79 Å². The molecule has 0 aliphatic carbocycles. The van der Waals surface area contributed by atoms with Gasteiger partial charge in [0, 0.05) is 6.92 Å². The molecule has 0 bridgehead atoms. The number of nitrogens with two attached hydrogens (primary N) is 1. The highest BCUT2D eigenvalue weighted by Gasteiger charge is 1.73. The van der Waals surface area contributed by atoms with E-state index in [1.54, 1.807) is 0 Å². The van der Waals surface area contributed by atoms with Crippen LogP contribution in [0, 0.1) is 0 Å². The highest BCUT2D eigenvalue weighted by Crippen LogP contribution is 1.41. The van der Waals surface area contributed by atoms with Crippen LogP contribution in [0.2, 0.25) is 0 Å². The van der Waals surface area contributed by atoms with E-state index in [9.17, 15) is 4.79 Å². The molecule has 0 heterocycles. The van der Waals surface area contributed by atoms with Crippen molar-refractivity contribution in [3.05, 3.63) is 0 Å². The van der Waals surface area contributed by atoms with Crippen molar-refractivity contribution in [3.8, 4) is 0 Å². The molecule has 0 aromatic rings. The SMILES string of the molecule is CC(=O)NN.Cl. The molecule has 4 heteroatoms. The third-order valence-corrected chi connectivity index (χ3v) is 0.203. The number of halogens is 1. The van der Waals surface area contributed by atoms with Gasteiger partial charge in [-0.2, -0.15) is 0 Å². The molecule has 0 atom stereocenters. The van der Waals surface area contributed by atoms with Gasteiger partial charge in [-0.15, -0.1) is 12.4 Å². The molecule has 0 fully saturated rings. The van der Waals surface area contributed by atoms with Crippen LogP contribution in [-0.4, -0.2) is 5.91 Å². The first-order valence-electron chi connectivity index (χ1n) is 1.24. The largest absolute Gasteiger partial charge is 0.295 e. The molecule has 6 heavy (non-hydrogen) atoms. The monoisotopic (exact) mass is 110 g/mol. The molecule has 0 saturated heterocycles. The number of hydrogen-bond acceptors (Lipinski definition) is 2. The second kappa shape index (κ2) is 4.72. The van der Waals surface area contributed by atoms with Gasteiger partial charge in [0.1, 0.15) is 0 Å². The Morgan fingerprint density at radius 3 is 2.00 bits per heavy atom. The van der Waals surface area contributed by atoms with Gasteiger partial charge in [0.2, 0.25) is 5.91 Å². The van der Waals surface area contributed by atoms with Crippen LogP contribution < -0.4 is 11.3 Å². The molecule has 0 aromatic heterocycles. The minimum absolute atomic E-state index is 0. The number of nitrogens with one attached hydrogen (secondary N) is 1. The molecule has 38 valence electrons. The molecule has 0 aliphatic heterocycles. The van der Waals surface area contributed by atoms with E-state index in [1.807, 2.05) is 5.43 Å². The summed E-state index contributed by atoms with van der Waals surface area (Å²) in [4.78, 5) is 9.58. The highest BCUT2D eigenvalue weighted by molar-refractivity contribution is 5.85. The molecule has 1 amide bonds. The third-order valence-electron chi connectivity index (χ3n) is 0.203. The second-order valence-electron chi connectivity index (χ2n) is 0.701. The molecule has 0 rings (SSSR count). The van der Waals surface area contributed by atoms with E-state index >= 15 is 0 Å². The summed E-state index contributed by atoms with van der Waals surface area (Å²) in [5.41, 5.74) is 1.89. The van der Waals surface area contributed by atoms with Crippen molar-refractivity contribution in [1.82, 2.24) is 5.43 Å². The molecular weight excluding hydrogens is 103 g/mol. The standard InChI is InChI=1S/C2H6N2O.ClH/c1-2(5)4-3;/h3H2,1H3,(H,4,5);1H. The summed E-state index contributed by atoms with van der Waals surface area (Å²) in [6.07, 6.45) is 0. The maximum Gasteiger partial charge on any atom is 0.230 e. The predicted octanol–water partition coefficient (Wildman–Crippen LogP) is -0.582. The van der Waals surface area contributed by atoms with Crippen LogP contribution in [0.4, 0.5) is 0 Å². The molecule has 0 radical (unpaired) electrons. The van der Waals surface area contributed by atoms with E-state index < -0.39 is 0 Å². The molecule has 0 aliphatic rings. The number of hydrogen-bond donors (Lipinski definition) is 2. The Kier molecular flexibility index (Phi) is 7.24. The number of carbonyl (C=O) groups is 1. The molecule has 3 nitrogen and oxygen atoms in total. The Morgan fingerprint density at radius 1 is 1.83 bits per heavy atom. The smallest absolute Gasteiger partial charge is 0.230 e. The van der Waals surface area contributed by atoms with Crippen LogP contribution in [0.15, 0.2) is 0 Å². The zero-order valence-electron chi connectivity index (χ0n) is 3.39. The van der Waals surface area contributed by atoms with E-state index in [0.29, 0.717) is 0 Å². The van der Waals surface area contributed by atoms with Gasteiger partial charge in [-0.3, -0.25) is 10.2 Å². The van der Waals surface area contributed by atoms with E-state index in [1.165, 1.54) is 6.92 Å². The van der Waals surface area contributed by atoms with Crippen LogP contribution >= 0.6 is 12.4 Å². The lowest BCUT2D eigenvalue weighted by molar-refractivity contribution is -0.119. The van der Waals surface area contributed by atoms with Crippen molar-refractivity contribution < 1.29 is 4.79 Å².